The van der Waals surface area contributed by atoms with E-state index in [1.807, 2.05) is 32.0 Å². The second kappa shape index (κ2) is 7.03. The van der Waals surface area contributed by atoms with Crippen molar-refractivity contribution in [1.29, 1.82) is 0 Å². The Labute approximate surface area is 141 Å². The topological polar surface area (TPSA) is 86.7 Å². The minimum Gasteiger partial charge on any atom is -0.481 e. The Balaban J connectivity index is 1.92. The first-order valence-electron chi connectivity index (χ1n) is 8.08. The lowest BCUT2D eigenvalue weighted by Crippen LogP contribution is -2.44. The van der Waals surface area contributed by atoms with Crippen LogP contribution in [0, 0.1) is 19.3 Å². The fourth-order valence-electron chi connectivity index (χ4n) is 2.87. The van der Waals surface area contributed by atoms with E-state index in [2.05, 4.69) is 5.32 Å². The van der Waals surface area contributed by atoms with Gasteiger partial charge in [0.25, 0.3) is 0 Å². The summed E-state index contributed by atoms with van der Waals surface area (Å²) in [6.07, 6.45) is 1.83. The van der Waals surface area contributed by atoms with Crippen molar-refractivity contribution in [3.05, 3.63) is 29.3 Å². The van der Waals surface area contributed by atoms with Crippen LogP contribution in [0.1, 0.15) is 36.8 Å². The van der Waals surface area contributed by atoms with Gasteiger partial charge in [-0.1, -0.05) is 18.6 Å². The van der Waals surface area contributed by atoms with Gasteiger partial charge in [-0.2, -0.15) is 0 Å². The molecule has 0 aromatic heterocycles. The van der Waals surface area contributed by atoms with Gasteiger partial charge in [-0.05, 0) is 43.9 Å². The van der Waals surface area contributed by atoms with Gasteiger partial charge in [0, 0.05) is 19.2 Å². The number of aryl methyl sites for hydroxylation is 1. The van der Waals surface area contributed by atoms with E-state index in [4.69, 9.17) is 0 Å². The van der Waals surface area contributed by atoms with Gasteiger partial charge < -0.3 is 15.3 Å². The highest BCUT2D eigenvalue weighted by Gasteiger charge is 2.46. The Hall–Kier alpha value is -2.37. The number of likely N-dealkylation sites (N-methyl/N-ethyl adjacent to an activating group) is 1. The number of benzene rings is 1. The number of nitrogens with zero attached hydrogens (tertiary/aromatic N) is 1. The molecule has 1 aliphatic carbocycles. The van der Waals surface area contributed by atoms with E-state index >= 15 is 0 Å². The number of rotatable bonds is 6. The molecule has 1 fully saturated rings. The summed E-state index contributed by atoms with van der Waals surface area (Å²) >= 11 is 0. The van der Waals surface area contributed by atoms with Gasteiger partial charge in [0.15, 0.2) is 0 Å². The van der Waals surface area contributed by atoms with E-state index in [1.165, 1.54) is 11.9 Å². The lowest BCUT2D eigenvalue weighted by molar-refractivity contribution is -0.159. The third kappa shape index (κ3) is 3.75. The molecule has 0 aliphatic heterocycles. The number of carboxylic acids is 1. The second-order valence-electron chi connectivity index (χ2n) is 6.66. The maximum absolute atomic E-state index is 12.2. The van der Waals surface area contributed by atoms with Gasteiger partial charge in [0.1, 0.15) is 0 Å². The van der Waals surface area contributed by atoms with Crippen LogP contribution in [-0.4, -0.2) is 41.4 Å². The summed E-state index contributed by atoms with van der Waals surface area (Å²) in [4.78, 5) is 37.0. The molecule has 1 aliphatic rings. The first-order valence-corrected chi connectivity index (χ1v) is 8.08. The monoisotopic (exact) mass is 332 g/mol. The second-order valence-corrected chi connectivity index (χ2v) is 6.66. The van der Waals surface area contributed by atoms with E-state index in [1.54, 1.807) is 0 Å². The first-order chi connectivity index (χ1) is 11.2. The predicted molar refractivity (Wildman–Crippen MR) is 90.7 cm³/mol. The van der Waals surface area contributed by atoms with Gasteiger partial charge in [-0.25, -0.2) is 0 Å². The van der Waals surface area contributed by atoms with Crippen LogP contribution in [0.4, 0.5) is 5.69 Å². The van der Waals surface area contributed by atoms with Crippen LogP contribution >= 0.6 is 0 Å². The van der Waals surface area contributed by atoms with E-state index in [9.17, 15) is 19.5 Å². The zero-order valence-corrected chi connectivity index (χ0v) is 14.4. The molecule has 130 valence electrons. The molecule has 1 saturated carbocycles. The fourth-order valence-corrected chi connectivity index (χ4v) is 2.87. The van der Waals surface area contributed by atoms with Crippen LogP contribution in [-0.2, 0) is 14.4 Å². The number of carbonyl (C=O) groups excluding carboxylic acids is 2. The van der Waals surface area contributed by atoms with Crippen molar-refractivity contribution < 1.29 is 19.5 Å². The van der Waals surface area contributed by atoms with Crippen molar-refractivity contribution in [3.63, 3.8) is 0 Å². The minimum atomic E-state index is -0.936. The zero-order chi connectivity index (χ0) is 17.9. The van der Waals surface area contributed by atoms with Crippen LogP contribution in [0.15, 0.2) is 18.2 Å². The van der Waals surface area contributed by atoms with Gasteiger partial charge in [0.2, 0.25) is 11.8 Å². The number of anilines is 1. The molecular formula is C18H24N2O4. The van der Waals surface area contributed by atoms with Crippen LogP contribution < -0.4 is 5.32 Å². The average Bonchev–Trinajstić information content (AvgIpc) is 2.46. The normalized spacial score (nSPS) is 15.3. The molecule has 0 unspecified atom stereocenters. The van der Waals surface area contributed by atoms with Gasteiger partial charge >= 0.3 is 5.97 Å². The summed E-state index contributed by atoms with van der Waals surface area (Å²) in [5, 5.41) is 12.1. The Morgan fingerprint density at radius 1 is 1.25 bits per heavy atom. The molecule has 6 heteroatoms. The van der Waals surface area contributed by atoms with E-state index < -0.39 is 11.4 Å². The third-order valence-corrected chi connectivity index (χ3v) is 4.94. The predicted octanol–water partition coefficient (Wildman–Crippen LogP) is 2.35. The van der Waals surface area contributed by atoms with Crippen molar-refractivity contribution in [2.24, 2.45) is 5.41 Å². The Morgan fingerprint density at radius 3 is 2.46 bits per heavy atom. The summed E-state index contributed by atoms with van der Waals surface area (Å²) in [6, 6.07) is 5.64. The summed E-state index contributed by atoms with van der Waals surface area (Å²) in [7, 11) is 1.53. The number of carbonyl (C=O) groups is 3. The summed E-state index contributed by atoms with van der Waals surface area (Å²) < 4.78 is 0. The van der Waals surface area contributed by atoms with E-state index in [0.717, 1.165) is 23.2 Å². The zero-order valence-electron chi connectivity index (χ0n) is 14.4. The summed E-state index contributed by atoms with van der Waals surface area (Å²) in [6.45, 7) is 3.79. The van der Waals surface area contributed by atoms with Crippen molar-refractivity contribution in [2.75, 3.05) is 18.9 Å². The number of carboxylic acid groups (broad SMARTS) is 1. The molecule has 2 rings (SSSR count). The van der Waals surface area contributed by atoms with Crippen molar-refractivity contribution in [2.45, 2.75) is 39.5 Å². The average molecular weight is 332 g/mol. The third-order valence-electron chi connectivity index (χ3n) is 4.94. The largest absolute Gasteiger partial charge is 0.481 e. The molecule has 1 aromatic carbocycles. The highest BCUT2D eigenvalue weighted by atomic mass is 16.4. The quantitative estimate of drug-likeness (QED) is 0.837. The number of hydrogen-bond donors (Lipinski definition) is 2. The number of aliphatic carboxylic acids is 1. The summed E-state index contributed by atoms with van der Waals surface area (Å²) in [5.74, 6) is -1.53. The smallest absolute Gasteiger partial charge is 0.310 e. The van der Waals surface area contributed by atoms with Crippen LogP contribution in [0.2, 0.25) is 0 Å². The highest BCUT2D eigenvalue weighted by Crippen LogP contribution is 2.44. The first kappa shape index (κ1) is 18.0. The molecule has 0 heterocycles. The SMILES string of the molecule is Cc1cccc(NC(=O)CN(C)C(=O)CC2(C(=O)O)CCC2)c1C. The van der Waals surface area contributed by atoms with Crippen molar-refractivity contribution in [1.82, 2.24) is 4.90 Å². The molecular weight excluding hydrogens is 308 g/mol. The molecule has 0 spiro atoms. The molecule has 24 heavy (non-hydrogen) atoms. The fraction of sp³-hybridized carbons (Fsp3) is 0.500. The molecule has 0 radical (unpaired) electrons. The molecule has 0 saturated heterocycles. The highest BCUT2D eigenvalue weighted by molar-refractivity contribution is 5.95. The molecule has 2 amide bonds. The lowest BCUT2D eigenvalue weighted by Gasteiger charge is -2.37. The Bertz CT molecular complexity index is 665. The maximum atomic E-state index is 12.2. The van der Waals surface area contributed by atoms with Crippen molar-refractivity contribution >= 4 is 23.5 Å². The number of amides is 2. The van der Waals surface area contributed by atoms with Crippen molar-refractivity contribution in [3.8, 4) is 0 Å². The number of nitrogens with one attached hydrogen (secondary N) is 1. The van der Waals surface area contributed by atoms with Gasteiger partial charge in [-0.3, -0.25) is 14.4 Å². The van der Waals surface area contributed by atoms with Crippen LogP contribution in [0.3, 0.4) is 0 Å². The Morgan fingerprint density at radius 2 is 1.92 bits per heavy atom. The summed E-state index contributed by atoms with van der Waals surface area (Å²) in [5.41, 5.74) is 1.85. The van der Waals surface area contributed by atoms with Crippen LogP contribution in [0.5, 0.6) is 0 Å². The Kier molecular flexibility index (Phi) is 5.26. The maximum Gasteiger partial charge on any atom is 0.310 e. The molecule has 2 N–H and O–H groups in total. The number of hydrogen-bond acceptors (Lipinski definition) is 3. The van der Waals surface area contributed by atoms with Gasteiger partial charge in [0.05, 0.1) is 12.0 Å². The molecule has 1 aromatic rings. The van der Waals surface area contributed by atoms with E-state index in [-0.39, 0.29) is 24.8 Å². The van der Waals surface area contributed by atoms with Crippen LogP contribution in [0.25, 0.3) is 0 Å². The van der Waals surface area contributed by atoms with Gasteiger partial charge in [-0.15, -0.1) is 0 Å². The lowest BCUT2D eigenvalue weighted by atomic mass is 9.66. The van der Waals surface area contributed by atoms with E-state index in [0.29, 0.717) is 12.8 Å². The minimum absolute atomic E-state index is 0.0460. The standard InChI is InChI=1S/C18H24N2O4/c1-12-6-4-7-14(13(12)2)19-15(21)11-20(3)16(22)10-18(17(23)24)8-5-9-18/h4,6-7H,5,8-11H2,1-3H3,(H,19,21)(H,23,24). The molecule has 6 nitrogen and oxygen atoms in total. The molecule has 0 atom stereocenters. The molecule has 0 bridgehead atoms.